The molecule has 0 heterocycles. The first kappa shape index (κ1) is 19.2. The van der Waals surface area contributed by atoms with Crippen LogP contribution in [-0.2, 0) is 14.6 Å². The highest BCUT2D eigenvalue weighted by Gasteiger charge is 2.27. The maximum atomic E-state index is 12.4. The fourth-order valence-electron chi connectivity index (χ4n) is 2.32. The maximum Gasteiger partial charge on any atom is 0.178 e. The van der Waals surface area contributed by atoms with Crippen LogP contribution in [0, 0.1) is 10.8 Å². The van der Waals surface area contributed by atoms with E-state index < -0.39 is 15.3 Å². The van der Waals surface area contributed by atoms with Crippen LogP contribution in [0.25, 0.3) is 0 Å². The first-order valence-electron chi connectivity index (χ1n) is 7.87. The largest absolute Gasteiger partial charge is 0.381 e. The second kappa shape index (κ2) is 7.60. The summed E-state index contributed by atoms with van der Waals surface area (Å²) in [5.74, 6) is 0.100. The highest BCUT2D eigenvalue weighted by Crippen LogP contribution is 2.24. The molecule has 0 saturated carbocycles. The lowest BCUT2D eigenvalue weighted by atomic mass is 9.91. The molecule has 1 aromatic carbocycles. The Hall–Kier alpha value is -0.870. The molecule has 0 atom stereocenters. The number of ether oxygens (including phenoxy) is 1. The summed E-state index contributed by atoms with van der Waals surface area (Å²) in [5.41, 5.74) is -0.0774. The third-order valence-electron chi connectivity index (χ3n) is 3.39. The summed E-state index contributed by atoms with van der Waals surface area (Å²) < 4.78 is 30.5. The standard InChI is InChI=1S/C18H30O3S/c1-17(2,3)12-9-13-21-14-18(4,5)15-22(19,20)16-10-7-6-8-11-16/h6-8,10-11H,9,12-15H2,1-5H3. The van der Waals surface area contributed by atoms with Crippen molar-refractivity contribution in [3.8, 4) is 0 Å². The molecule has 0 bridgehead atoms. The molecule has 3 nitrogen and oxygen atoms in total. The van der Waals surface area contributed by atoms with Crippen LogP contribution in [0.5, 0.6) is 0 Å². The van der Waals surface area contributed by atoms with Crippen LogP contribution in [-0.4, -0.2) is 27.4 Å². The van der Waals surface area contributed by atoms with E-state index in [1.807, 2.05) is 19.9 Å². The van der Waals surface area contributed by atoms with Gasteiger partial charge in [-0.25, -0.2) is 8.42 Å². The second-order valence-electron chi connectivity index (χ2n) is 7.95. The minimum absolute atomic E-state index is 0.100. The molecule has 0 aromatic heterocycles. The van der Waals surface area contributed by atoms with Gasteiger partial charge in [-0.05, 0) is 30.4 Å². The van der Waals surface area contributed by atoms with Crippen molar-refractivity contribution >= 4 is 9.84 Å². The molecular formula is C18H30O3S. The summed E-state index contributed by atoms with van der Waals surface area (Å²) in [4.78, 5) is 0.385. The average Bonchev–Trinajstić information content (AvgIpc) is 2.36. The van der Waals surface area contributed by atoms with Crippen LogP contribution in [0.3, 0.4) is 0 Å². The molecule has 22 heavy (non-hydrogen) atoms. The lowest BCUT2D eigenvalue weighted by molar-refractivity contribution is 0.0660. The number of rotatable bonds is 8. The van der Waals surface area contributed by atoms with Crippen LogP contribution < -0.4 is 0 Å². The van der Waals surface area contributed by atoms with Gasteiger partial charge in [0.1, 0.15) is 0 Å². The zero-order valence-electron chi connectivity index (χ0n) is 14.6. The monoisotopic (exact) mass is 326 g/mol. The predicted molar refractivity (Wildman–Crippen MR) is 91.8 cm³/mol. The van der Waals surface area contributed by atoms with Gasteiger partial charge in [0.2, 0.25) is 0 Å². The summed E-state index contributed by atoms with van der Waals surface area (Å²) in [6.45, 7) is 11.7. The highest BCUT2D eigenvalue weighted by molar-refractivity contribution is 7.91. The second-order valence-corrected chi connectivity index (χ2v) is 9.94. The van der Waals surface area contributed by atoms with Gasteiger partial charge >= 0.3 is 0 Å². The minimum Gasteiger partial charge on any atom is -0.381 e. The first-order chi connectivity index (χ1) is 10.0. The summed E-state index contributed by atoms with van der Waals surface area (Å²) in [7, 11) is -3.26. The van der Waals surface area contributed by atoms with E-state index in [2.05, 4.69) is 20.8 Å². The fourth-order valence-corrected chi connectivity index (χ4v) is 4.17. The van der Waals surface area contributed by atoms with Crippen LogP contribution >= 0.6 is 0 Å². The number of sulfone groups is 1. The molecule has 0 amide bonds. The van der Waals surface area contributed by atoms with Crippen molar-refractivity contribution in [2.75, 3.05) is 19.0 Å². The van der Waals surface area contributed by atoms with Gasteiger partial charge in [0.05, 0.1) is 17.3 Å². The topological polar surface area (TPSA) is 43.4 Å². The maximum absolute atomic E-state index is 12.4. The molecule has 1 aromatic rings. The molecule has 0 aliphatic carbocycles. The molecule has 0 unspecified atom stereocenters. The van der Waals surface area contributed by atoms with Crippen molar-refractivity contribution in [2.24, 2.45) is 10.8 Å². The molecule has 0 saturated heterocycles. The van der Waals surface area contributed by atoms with E-state index in [4.69, 9.17) is 4.74 Å². The lowest BCUT2D eigenvalue weighted by Gasteiger charge is -2.25. The predicted octanol–water partition coefficient (Wildman–Crippen LogP) is 4.33. The molecule has 0 fully saturated rings. The van der Waals surface area contributed by atoms with Gasteiger partial charge in [-0.15, -0.1) is 0 Å². The zero-order chi connectivity index (χ0) is 16.9. The summed E-state index contributed by atoms with van der Waals surface area (Å²) in [5, 5.41) is 0. The highest BCUT2D eigenvalue weighted by atomic mass is 32.2. The summed E-state index contributed by atoms with van der Waals surface area (Å²) >= 11 is 0. The summed E-state index contributed by atoms with van der Waals surface area (Å²) in [6.07, 6.45) is 2.11. The van der Waals surface area contributed by atoms with Gasteiger partial charge in [0.25, 0.3) is 0 Å². The van der Waals surface area contributed by atoms with E-state index in [0.717, 1.165) is 12.8 Å². The number of hydrogen-bond acceptors (Lipinski definition) is 3. The van der Waals surface area contributed by atoms with Gasteiger partial charge in [-0.1, -0.05) is 52.8 Å². The molecule has 1 rings (SSSR count). The van der Waals surface area contributed by atoms with Gasteiger partial charge in [-0.3, -0.25) is 0 Å². The van der Waals surface area contributed by atoms with Gasteiger partial charge in [0, 0.05) is 12.0 Å². The average molecular weight is 327 g/mol. The molecule has 0 radical (unpaired) electrons. The Bertz CT molecular complexity index is 539. The Kier molecular flexibility index (Phi) is 6.63. The number of benzene rings is 1. The van der Waals surface area contributed by atoms with Gasteiger partial charge in [0.15, 0.2) is 9.84 Å². The molecule has 4 heteroatoms. The molecule has 0 aliphatic rings. The SMILES string of the molecule is CC(C)(C)CCCOCC(C)(C)CS(=O)(=O)c1ccccc1. The van der Waals surface area contributed by atoms with Crippen LogP contribution in [0.2, 0.25) is 0 Å². The zero-order valence-corrected chi connectivity index (χ0v) is 15.4. The van der Waals surface area contributed by atoms with Gasteiger partial charge in [-0.2, -0.15) is 0 Å². The van der Waals surface area contributed by atoms with Crippen molar-refractivity contribution in [3.63, 3.8) is 0 Å². The molecular weight excluding hydrogens is 296 g/mol. The van der Waals surface area contributed by atoms with Crippen molar-refractivity contribution in [3.05, 3.63) is 30.3 Å². The summed E-state index contributed by atoms with van der Waals surface area (Å²) in [6, 6.07) is 8.62. The van der Waals surface area contributed by atoms with E-state index in [0.29, 0.717) is 23.5 Å². The Balaban J connectivity index is 2.47. The Morgan fingerprint density at radius 1 is 1.00 bits per heavy atom. The van der Waals surface area contributed by atoms with E-state index in [-0.39, 0.29) is 5.75 Å². The quantitative estimate of drug-likeness (QED) is 0.668. The Morgan fingerprint density at radius 3 is 2.14 bits per heavy atom. The fraction of sp³-hybridized carbons (Fsp3) is 0.667. The van der Waals surface area contributed by atoms with Crippen molar-refractivity contribution in [1.82, 2.24) is 0 Å². The van der Waals surface area contributed by atoms with E-state index >= 15 is 0 Å². The Labute approximate surface area is 136 Å². The minimum atomic E-state index is -3.26. The van der Waals surface area contributed by atoms with E-state index in [1.165, 1.54) is 0 Å². The van der Waals surface area contributed by atoms with Gasteiger partial charge < -0.3 is 4.74 Å². The van der Waals surface area contributed by atoms with Crippen molar-refractivity contribution in [2.45, 2.75) is 52.4 Å². The molecule has 0 spiro atoms. The molecule has 0 aliphatic heterocycles. The van der Waals surface area contributed by atoms with E-state index in [9.17, 15) is 8.42 Å². The normalized spacial score (nSPS) is 13.3. The third-order valence-corrected chi connectivity index (χ3v) is 5.54. The van der Waals surface area contributed by atoms with Crippen LogP contribution in [0.4, 0.5) is 0 Å². The lowest BCUT2D eigenvalue weighted by Crippen LogP contribution is -2.29. The molecule has 126 valence electrons. The van der Waals surface area contributed by atoms with E-state index in [1.54, 1.807) is 24.3 Å². The molecule has 0 N–H and O–H groups in total. The van der Waals surface area contributed by atoms with Crippen molar-refractivity contribution in [1.29, 1.82) is 0 Å². The van der Waals surface area contributed by atoms with Crippen LogP contribution in [0.1, 0.15) is 47.5 Å². The Morgan fingerprint density at radius 2 is 1.59 bits per heavy atom. The van der Waals surface area contributed by atoms with Crippen LogP contribution in [0.15, 0.2) is 35.2 Å². The smallest absolute Gasteiger partial charge is 0.178 e. The third kappa shape index (κ3) is 7.41. The number of hydrogen-bond donors (Lipinski definition) is 0. The van der Waals surface area contributed by atoms with Crippen molar-refractivity contribution < 1.29 is 13.2 Å². The first-order valence-corrected chi connectivity index (χ1v) is 9.53.